The van der Waals surface area contributed by atoms with Crippen molar-refractivity contribution in [2.75, 3.05) is 0 Å². The Morgan fingerprint density at radius 3 is 1.62 bits per heavy atom. The monoisotopic (exact) mass is 496 g/mol. The maximum atomic E-state index is 12.4. The van der Waals surface area contributed by atoms with Crippen molar-refractivity contribution in [3.63, 3.8) is 0 Å². The minimum absolute atomic E-state index is 0.0135. The number of hydrogen-bond acceptors (Lipinski definition) is 7. The summed E-state index contributed by atoms with van der Waals surface area (Å²) in [6.07, 6.45) is 0.674. The van der Waals surface area contributed by atoms with E-state index >= 15 is 0 Å². The number of hydrogen-bond donors (Lipinski definition) is 0. The SMILES string of the molecule is O=S(=O)(OOc1ccc(OS(=O)(=O)c2ccccc2)cc1)c1ccc(Cc2ccccc2)cc1. The van der Waals surface area contributed by atoms with Crippen molar-refractivity contribution in [1.29, 1.82) is 0 Å². The molecule has 4 rings (SSSR count). The first kappa shape index (κ1) is 23.5. The molecule has 7 nitrogen and oxygen atoms in total. The Morgan fingerprint density at radius 1 is 0.500 bits per heavy atom. The zero-order chi connectivity index (χ0) is 24.0. The molecule has 0 fully saturated rings. The van der Waals surface area contributed by atoms with Crippen molar-refractivity contribution >= 4 is 20.2 Å². The van der Waals surface area contributed by atoms with Crippen LogP contribution in [0.5, 0.6) is 11.5 Å². The van der Waals surface area contributed by atoms with Crippen LogP contribution in [0.15, 0.2) is 119 Å². The highest BCUT2D eigenvalue weighted by Gasteiger charge is 2.19. The van der Waals surface area contributed by atoms with Crippen LogP contribution >= 0.6 is 0 Å². The van der Waals surface area contributed by atoms with E-state index in [1.165, 1.54) is 48.5 Å². The molecule has 0 radical (unpaired) electrons. The van der Waals surface area contributed by atoms with Gasteiger partial charge in [0.1, 0.15) is 10.6 Å². The van der Waals surface area contributed by atoms with E-state index in [0.29, 0.717) is 6.42 Å². The number of rotatable bonds is 9. The lowest BCUT2D eigenvalue weighted by molar-refractivity contribution is -0.0926. The highest BCUT2D eigenvalue weighted by atomic mass is 32.2. The van der Waals surface area contributed by atoms with E-state index in [1.54, 1.807) is 30.3 Å². The van der Waals surface area contributed by atoms with Crippen molar-refractivity contribution in [3.05, 3.63) is 120 Å². The van der Waals surface area contributed by atoms with Crippen molar-refractivity contribution in [2.24, 2.45) is 0 Å². The van der Waals surface area contributed by atoms with E-state index in [9.17, 15) is 16.8 Å². The van der Waals surface area contributed by atoms with Crippen LogP contribution in [-0.4, -0.2) is 16.8 Å². The van der Waals surface area contributed by atoms with Gasteiger partial charge < -0.3 is 9.07 Å². The minimum atomic E-state index is -4.17. The molecule has 0 spiro atoms. The van der Waals surface area contributed by atoms with Gasteiger partial charge in [-0.05, 0) is 66.1 Å². The van der Waals surface area contributed by atoms with E-state index in [-0.39, 0.29) is 21.3 Å². The molecule has 0 bridgehead atoms. The van der Waals surface area contributed by atoms with Gasteiger partial charge in [0.15, 0.2) is 5.75 Å². The van der Waals surface area contributed by atoms with Gasteiger partial charge in [0.25, 0.3) is 0 Å². The third-order valence-electron chi connectivity index (χ3n) is 4.74. The van der Waals surface area contributed by atoms with Crippen molar-refractivity contribution in [3.8, 4) is 11.5 Å². The molecule has 9 heteroatoms. The summed E-state index contributed by atoms with van der Waals surface area (Å²) < 4.78 is 59.2. The molecule has 174 valence electrons. The average molecular weight is 497 g/mol. The Hall–Kier alpha value is -3.66. The quantitative estimate of drug-likeness (QED) is 0.188. The van der Waals surface area contributed by atoms with Gasteiger partial charge in [0.05, 0.1) is 4.90 Å². The summed E-state index contributed by atoms with van der Waals surface area (Å²) in [5.41, 5.74) is 2.06. The fourth-order valence-corrected chi connectivity index (χ4v) is 4.71. The van der Waals surface area contributed by atoms with Crippen LogP contribution in [0.25, 0.3) is 0 Å². The molecule has 0 aliphatic heterocycles. The second kappa shape index (κ2) is 10.1. The molecule has 0 aromatic heterocycles. The summed E-state index contributed by atoms with van der Waals surface area (Å²) >= 11 is 0. The van der Waals surface area contributed by atoms with Gasteiger partial charge in [-0.2, -0.15) is 16.8 Å². The van der Waals surface area contributed by atoms with Crippen molar-refractivity contribution in [1.82, 2.24) is 0 Å². The standard InChI is InChI=1S/C25H20O7S2/c26-33(27,24-9-5-2-6-10-24)31-23-15-13-22(14-16-23)30-32-34(28,29)25-17-11-21(12-18-25)19-20-7-3-1-4-8-20/h1-18H,19H2. The van der Waals surface area contributed by atoms with E-state index in [1.807, 2.05) is 30.3 Å². The Kier molecular flexibility index (Phi) is 6.97. The smallest absolute Gasteiger partial charge is 0.339 e. The maximum absolute atomic E-state index is 12.4. The Morgan fingerprint density at radius 2 is 1.00 bits per heavy atom. The summed E-state index contributed by atoms with van der Waals surface area (Å²) in [6.45, 7) is 0. The lowest BCUT2D eigenvalue weighted by Gasteiger charge is -2.09. The Labute approximate surface area is 198 Å². The normalized spacial score (nSPS) is 11.6. The van der Waals surface area contributed by atoms with Gasteiger partial charge in [-0.3, -0.25) is 0 Å². The largest absolute Gasteiger partial charge is 0.379 e. The van der Waals surface area contributed by atoms with Gasteiger partial charge in [-0.15, -0.1) is 0 Å². The van der Waals surface area contributed by atoms with Crippen LogP contribution < -0.4 is 9.07 Å². The average Bonchev–Trinajstić information content (AvgIpc) is 2.85. The van der Waals surface area contributed by atoms with Crippen LogP contribution in [0.2, 0.25) is 0 Å². The Balaban J connectivity index is 1.36. The van der Waals surface area contributed by atoms with Crippen LogP contribution in [0.4, 0.5) is 0 Å². The predicted octanol–water partition coefficient (Wildman–Crippen LogP) is 4.74. The fraction of sp³-hybridized carbons (Fsp3) is 0.0400. The number of benzene rings is 4. The third kappa shape index (κ3) is 6.02. The molecular weight excluding hydrogens is 476 g/mol. The molecule has 0 saturated heterocycles. The molecule has 0 saturated carbocycles. The first-order chi connectivity index (χ1) is 16.3. The van der Waals surface area contributed by atoms with Crippen molar-refractivity contribution in [2.45, 2.75) is 16.2 Å². The summed E-state index contributed by atoms with van der Waals surface area (Å²) in [4.78, 5) is 4.88. The maximum Gasteiger partial charge on any atom is 0.339 e. The molecule has 0 amide bonds. The van der Waals surface area contributed by atoms with Crippen LogP contribution in [-0.2, 0) is 31.0 Å². The summed E-state index contributed by atoms with van der Waals surface area (Å²) in [6, 6.07) is 29.1. The van der Waals surface area contributed by atoms with Crippen molar-refractivity contribution < 1.29 is 30.2 Å². The molecule has 0 heterocycles. The molecule has 4 aromatic carbocycles. The lowest BCUT2D eigenvalue weighted by Crippen LogP contribution is -2.10. The zero-order valence-corrected chi connectivity index (χ0v) is 19.4. The molecule has 0 aliphatic carbocycles. The second-order valence-electron chi connectivity index (χ2n) is 7.23. The lowest BCUT2D eigenvalue weighted by atomic mass is 10.1. The molecule has 34 heavy (non-hydrogen) atoms. The molecule has 0 N–H and O–H groups in total. The van der Waals surface area contributed by atoms with E-state index < -0.39 is 20.2 Å². The van der Waals surface area contributed by atoms with Gasteiger partial charge in [0, 0.05) is 0 Å². The third-order valence-corrected chi connectivity index (χ3v) is 7.10. The molecule has 0 unspecified atom stereocenters. The van der Waals surface area contributed by atoms with E-state index in [4.69, 9.17) is 9.07 Å². The van der Waals surface area contributed by atoms with Gasteiger partial charge in [-0.1, -0.05) is 65.0 Å². The fourth-order valence-electron chi connectivity index (χ4n) is 3.04. The second-order valence-corrected chi connectivity index (χ2v) is 10.3. The summed E-state index contributed by atoms with van der Waals surface area (Å²) in [5, 5.41) is 0. The highest BCUT2D eigenvalue weighted by molar-refractivity contribution is 7.87. The van der Waals surface area contributed by atoms with E-state index in [2.05, 4.69) is 4.33 Å². The van der Waals surface area contributed by atoms with E-state index in [0.717, 1.165) is 11.1 Å². The molecular formula is C25H20O7S2. The summed E-state index contributed by atoms with van der Waals surface area (Å²) in [5.74, 6) is 0.0850. The Bertz CT molecular complexity index is 1430. The first-order valence-electron chi connectivity index (χ1n) is 10.2. The first-order valence-corrected chi connectivity index (χ1v) is 13.0. The summed E-state index contributed by atoms with van der Waals surface area (Å²) in [7, 11) is -8.16. The van der Waals surface area contributed by atoms with Gasteiger partial charge in [0.2, 0.25) is 0 Å². The van der Waals surface area contributed by atoms with Crippen LogP contribution in [0.1, 0.15) is 11.1 Å². The molecule has 4 aromatic rings. The van der Waals surface area contributed by atoms with Crippen LogP contribution in [0, 0.1) is 0 Å². The zero-order valence-electron chi connectivity index (χ0n) is 17.8. The van der Waals surface area contributed by atoms with Gasteiger partial charge >= 0.3 is 20.2 Å². The van der Waals surface area contributed by atoms with Crippen LogP contribution in [0.3, 0.4) is 0 Å². The van der Waals surface area contributed by atoms with Gasteiger partial charge in [-0.25, -0.2) is 0 Å². The topological polar surface area (TPSA) is 96.0 Å². The predicted molar refractivity (Wildman–Crippen MR) is 125 cm³/mol. The molecule has 0 atom stereocenters. The highest BCUT2D eigenvalue weighted by Crippen LogP contribution is 2.23. The minimum Gasteiger partial charge on any atom is -0.379 e. The molecule has 0 aliphatic rings.